The Labute approximate surface area is 332 Å². The number of hydrogen-bond acceptors (Lipinski definition) is 6. The number of phosphoric acid groups is 1. The molecule has 2 N–H and O–H groups in total. The highest BCUT2D eigenvalue weighted by molar-refractivity contribution is 7.46. The molecule has 0 fully saturated rings. The highest BCUT2D eigenvalue weighted by atomic mass is 31.2. The van der Waals surface area contributed by atoms with Crippen LogP contribution in [-0.4, -0.2) is 41.0 Å². The average Bonchev–Trinajstić information content (AvgIpc) is 3.14. The normalized spacial score (nSPS) is 12.6. The Morgan fingerprint density at radius 1 is 0.463 bits per heavy atom. The molecule has 0 saturated carbocycles. The van der Waals surface area contributed by atoms with Crippen molar-refractivity contribution in [2.75, 3.05) is 13.2 Å². The first-order valence-corrected chi connectivity index (χ1v) is 24.2. The Morgan fingerprint density at radius 3 is 1.24 bits per heavy atom. The van der Waals surface area contributed by atoms with Crippen LogP contribution in [0, 0.1) is 0 Å². The number of unbranched alkanes of at least 4 members (excludes halogenated alkanes) is 28. The van der Waals surface area contributed by atoms with Crippen molar-refractivity contribution in [2.24, 2.45) is 0 Å². The van der Waals surface area contributed by atoms with E-state index in [9.17, 15) is 14.2 Å². The largest absolute Gasteiger partial charge is 0.469 e. The molecule has 318 valence electrons. The lowest BCUT2D eigenvalue weighted by Crippen LogP contribution is -2.29. The third kappa shape index (κ3) is 43.3. The summed E-state index contributed by atoms with van der Waals surface area (Å²) in [5, 5.41) is 0. The van der Waals surface area contributed by atoms with Crippen LogP contribution in [0.25, 0.3) is 0 Å². The van der Waals surface area contributed by atoms with E-state index in [0.29, 0.717) is 6.42 Å². The summed E-state index contributed by atoms with van der Waals surface area (Å²) in [5.41, 5.74) is 0. The van der Waals surface area contributed by atoms with Crippen molar-refractivity contribution >= 4 is 19.8 Å². The summed E-state index contributed by atoms with van der Waals surface area (Å²) in [6.45, 7) is 3.68. The lowest BCUT2D eigenvalue weighted by Gasteiger charge is -2.18. The van der Waals surface area contributed by atoms with E-state index in [0.717, 1.165) is 44.9 Å². The van der Waals surface area contributed by atoms with Crippen molar-refractivity contribution in [1.82, 2.24) is 0 Å². The summed E-state index contributed by atoms with van der Waals surface area (Å²) in [7, 11) is -4.76. The lowest BCUT2D eigenvalue weighted by molar-refractivity contribution is -0.161. The molecule has 9 heteroatoms. The van der Waals surface area contributed by atoms with Crippen LogP contribution >= 0.6 is 7.82 Å². The van der Waals surface area contributed by atoms with Gasteiger partial charge in [0, 0.05) is 12.8 Å². The topological polar surface area (TPSA) is 119 Å². The molecule has 0 bridgehead atoms. The van der Waals surface area contributed by atoms with E-state index >= 15 is 0 Å². The van der Waals surface area contributed by atoms with E-state index in [2.05, 4.69) is 42.7 Å². The highest BCUT2D eigenvalue weighted by Crippen LogP contribution is 2.36. The Kier molecular flexibility index (Phi) is 40.1. The molecule has 0 aromatic rings. The fourth-order valence-electron chi connectivity index (χ4n) is 6.57. The van der Waals surface area contributed by atoms with Gasteiger partial charge in [-0.05, 0) is 44.9 Å². The van der Waals surface area contributed by atoms with Crippen LogP contribution < -0.4 is 0 Å². The summed E-state index contributed by atoms with van der Waals surface area (Å²) >= 11 is 0. The molecule has 0 radical (unpaired) electrons. The molecule has 0 aliphatic carbocycles. The fraction of sp³-hybridized carbons (Fsp3) is 0.867. The van der Waals surface area contributed by atoms with Gasteiger partial charge in [0.1, 0.15) is 6.61 Å². The smallest absolute Gasteiger partial charge is 0.462 e. The van der Waals surface area contributed by atoms with Gasteiger partial charge in [0.25, 0.3) is 0 Å². The van der Waals surface area contributed by atoms with Crippen molar-refractivity contribution in [1.29, 1.82) is 0 Å². The van der Waals surface area contributed by atoms with E-state index in [-0.39, 0.29) is 19.4 Å². The summed E-state index contributed by atoms with van der Waals surface area (Å²) in [4.78, 5) is 42.8. The number of rotatable bonds is 42. The first-order valence-electron chi connectivity index (χ1n) is 22.6. The second-order valence-electron chi connectivity index (χ2n) is 15.4. The van der Waals surface area contributed by atoms with Crippen LogP contribution in [0.2, 0.25) is 0 Å². The SMILES string of the molecule is CCCCCCCCCCCCCCCC/C=C/CC/C=C/CCCC(=O)O[C@H](COC(=O)CCCCCCCCCCCCCCC)COP(=O)(O)O. The molecule has 0 rings (SSSR count). The molecular weight excluding hydrogens is 699 g/mol. The van der Waals surface area contributed by atoms with Crippen molar-refractivity contribution in [3.63, 3.8) is 0 Å². The van der Waals surface area contributed by atoms with Gasteiger partial charge < -0.3 is 19.3 Å². The van der Waals surface area contributed by atoms with E-state index in [1.54, 1.807) is 0 Å². The molecule has 0 aromatic heterocycles. The van der Waals surface area contributed by atoms with Crippen LogP contribution in [0.4, 0.5) is 0 Å². The molecular formula is C45H85O8P. The molecule has 0 aliphatic rings. The fourth-order valence-corrected chi connectivity index (χ4v) is 6.93. The minimum atomic E-state index is -4.76. The predicted molar refractivity (Wildman–Crippen MR) is 225 cm³/mol. The Hall–Kier alpha value is -1.47. The second-order valence-corrected chi connectivity index (χ2v) is 16.6. The zero-order chi connectivity index (χ0) is 39.6. The number of hydrogen-bond donors (Lipinski definition) is 2. The maximum atomic E-state index is 12.4. The van der Waals surface area contributed by atoms with Crippen LogP contribution in [0.15, 0.2) is 24.3 Å². The van der Waals surface area contributed by atoms with Crippen molar-refractivity contribution in [3.05, 3.63) is 24.3 Å². The molecule has 0 heterocycles. The van der Waals surface area contributed by atoms with Crippen LogP contribution in [0.3, 0.4) is 0 Å². The standard InChI is InChI=1S/C45H85O8P/c1-3-5-7-9-11-13-15-17-18-19-20-21-22-23-24-25-26-28-30-32-34-36-38-40-45(47)53-43(42-52-54(48,49)50)41-51-44(46)39-37-35-33-31-29-27-16-14-12-10-8-6-4-2/h25-26,32,34,43H,3-24,27-31,33,35-42H2,1-2H3,(H2,48,49,50)/b26-25+,34-32+/t43-/m1/s1. The quantitative estimate of drug-likeness (QED) is 0.0272. The second kappa shape index (κ2) is 41.2. The van der Waals surface area contributed by atoms with Crippen LogP contribution in [-0.2, 0) is 28.2 Å². The Morgan fingerprint density at radius 2 is 0.815 bits per heavy atom. The summed E-state index contributed by atoms with van der Waals surface area (Å²) < 4.78 is 26.4. The number of phosphoric ester groups is 1. The monoisotopic (exact) mass is 785 g/mol. The van der Waals surface area contributed by atoms with Gasteiger partial charge in [-0.15, -0.1) is 0 Å². The van der Waals surface area contributed by atoms with Gasteiger partial charge in [0.2, 0.25) is 0 Å². The van der Waals surface area contributed by atoms with Crippen LogP contribution in [0.1, 0.15) is 232 Å². The minimum Gasteiger partial charge on any atom is -0.462 e. The first kappa shape index (κ1) is 52.5. The molecule has 1 atom stereocenters. The molecule has 0 unspecified atom stereocenters. The van der Waals surface area contributed by atoms with Crippen molar-refractivity contribution in [2.45, 2.75) is 238 Å². The van der Waals surface area contributed by atoms with Gasteiger partial charge in [0.15, 0.2) is 6.10 Å². The average molecular weight is 785 g/mol. The summed E-state index contributed by atoms with van der Waals surface area (Å²) in [5.74, 6) is -0.924. The highest BCUT2D eigenvalue weighted by Gasteiger charge is 2.22. The molecule has 0 aromatic carbocycles. The van der Waals surface area contributed by atoms with E-state index < -0.39 is 32.5 Å². The Balaban J connectivity index is 3.89. The van der Waals surface area contributed by atoms with Crippen LogP contribution in [0.5, 0.6) is 0 Å². The van der Waals surface area contributed by atoms with Gasteiger partial charge in [-0.1, -0.05) is 199 Å². The van der Waals surface area contributed by atoms with Gasteiger partial charge in [-0.3, -0.25) is 14.1 Å². The third-order valence-electron chi connectivity index (χ3n) is 9.95. The number of carbonyl (C=O) groups is 2. The number of carbonyl (C=O) groups excluding carboxylic acids is 2. The molecule has 8 nitrogen and oxygen atoms in total. The van der Waals surface area contributed by atoms with Gasteiger partial charge in [0.05, 0.1) is 6.61 Å². The maximum absolute atomic E-state index is 12.4. The zero-order valence-electron chi connectivity index (χ0n) is 35.1. The summed E-state index contributed by atoms with van der Waals surface area (Å²) in [6, 6.07) is 0. The lowest BCUT2D eigenvalue weighted by atomic mass is 10.0. The third-order valence-corrected chi connectivity index (χ3v) is 10.4. The molecule has 0 spiro atoms. The van der Waals surface area contributed by atoms with Gasteiger partial charge in [-0.2, -0.15) is 0 Å². The number of allylic oxidation sites excluding steroid dienone is 4. The molecule has 54 heavy (non-hydrogen) atoms. The van der Waals surface area contributed by atoms with E-state index in [1.165, 1.54) is 154 Å². The number of ether oxygens (including phenoxy) is 2. The minimum absolute atomic E-state index is 0.156. The predicted octanol–water partition coefficient (Wildman–Crippen LogP) is 14.0. The maximum Gasteiger partial charge on any atom is 0.469 e. The van der Waals surface area contributed by atoms with Crippen molar-refractivity contribution in [3.8, 4) is 0 Å². The number of esters is 2. The van der Waals surface area contributed by atoms with E-state index in [4.69, 9.17) is 19.3 Å². The first-order chi connectivity index (χ1) is 26.3. The van der Waals surface area contributed by atoms with Gasteiger partial charge in [-0.25, -0.2) is 4.57 Å². The van der Waals surface area contributed by atoms with Gasteiger partial charge >= 0.3 is 19.8 Å². The molecule has 0 amide bonds. The zero-order valence-corrected chi connectivity index (χ0v) is 36.0. The Bertz CT molecular complexity index is 931. The molecule has 0 saturated heterocycles. The molecule has 0 aliphatic heterocycles. The van der Waals surface area contributed by atoms with E-state index in [1.807, 2.05) is 0 Å². The summed E-state index contributed by atoms with van der Waals surface area (Å²) in [6.07, 6.45) is 47.8. The van der Waals surface area contributed by atoms with Crippen molar-refractivity contribution < 1.29 is 37.9 Å².